The Morgan fingerprint density at radius 2 is 1.12 bits per heavy atom. The summed E-state index contributed by atoms with van der Waals surface area (Å²) in [7, 11) is 0. The Hall–Kier alpha value is -3.12. The first-order valence-corrected chi connectivity index (χ1v) is 8.39. The van der Waals surface area contributed by atoms with Crippen LogP contribution in [0.1, 0.15) is 0 Å². The average molecular weight is 302 g/mol. The molecule has 0 radical (unpaired) electrons. The molecule has 0 saturated heterocycles. The van der Waals surface area contributed by atoms with Gasteiger partial charge in [0.05, 0.1) is 0 Å². The first kappa shape index (κ1) is 12.3. The molecule has 0 saturated carbocycles. The predicted molar refractivity (Wildman–Crippen MR) is 103 cm³/mol. The molecule has 0 unspecified atom stereocenters. The molecule has 0 aromatic heterocycles. The SMILES string of the molecule is c1ccc2c3c(ccc2c1)-c1cccc2cc4ccccc4c-3c12. The van der Waals surface area contributed by atoms with Gasteiger partial charge in [0, 0.05) is 0 Å². The largest absolute Gasteiger partial charge is 0.0616 e. The Bertz CT molecular complexity index is 1290. The second-order valence-corrected chi connectivity index (χ2v) is 6.59. The summed E-state index contributed by atoms with van der Waals surface area (Å²) in [5.41, 5.74) is 5.54. The van der Waals surface area contributed by atoms with Crippen molar-refractivity contribution in [2.75, 3.05) is 0 Å². The van der Waals surface area contributed by atoms with Crippen LogP contribution in [0.5, 0.6) is 0 Å². The Morgan fingerprint density at radius 1 is 0.417 bits per heavy atom. The van der Waals surface area contributed by atoms with Gasteiger partial charge in [0.2, 0.25) is 0 Å². The van der Waals surface area contributed by atoms with Gasteiger partial charge in [0.25, 0.3) is 0 Å². The summed E-state index contributed by atoms with van der Waals surface area (Å²) in [6.07, 6.45) is 0. The molecule has 0 amide bonds. The highest BCUT2D eigenvalue weighted by Crippen LogP contribution is 2.52. The molecule has 110 valence electrons. The topological polar surface area (TPSA) is 0 Å². The lowest BCUT2D eigenvalue weighted by molar-refractivity contribution is 1.73. The van der Waals surface area contributed by atoms with E-state index in [-0.39, 0.29) is 0 Å². The molecule has 0 atom stereocenters. The summed E-state index contributed by atoms with van der Waals surface area (Å²) >= 11 is 0. The van der Waals surface area contributed by atoms with Gasteiger partial charge in [0.1, 0.15) is 0 Å². The van der Waals surface area contributed by atoms with Crippen molar-refractivity contribution in [3.05, 3.63) is 84.9 Å². The van der Waals surface area contributed by atoms with E-state index < -0.39 is 0 Å². The van der Waals surface area contributed by atoms with E-state index in [4.69, 9.17) is 0 Å². The molecule has 0 heteroatoms. The Labute approximate surface area is 140 Å². The number of hydrogen-bond acceptors (Lipinski definition) is 0. The van der Waals surface area contributed by atoms with Crippen molar-refractivity contribution < 1.29 is 0 Å². The zero-order chi connectivity index (χ0) is 15.7. The summed E-state index contributed by atoms with van der Waals surface area (Å²) < 4.78 is 0. The van der Waals surface area contributed by atoms with Crippen LogP contribution in [0, 0.1) is 0 Å². The summed E-state index contributed by atoms with van der Waals surface area (Å²) in [5.74, 6) is 0. The lowest BCUT2D eigenvalue weighted by atomic mass is 9.93. The van der Waals surface area contributed by atoms with Gasteiger partial charge in [-0.05, 0) is 60.6 Å². The molecule has 6 rings (SSSR count). The van der Waals surface area contributed by atoms with Gasteiger partial charge in [-0.15, -0.1) is 0 Å². The summed E-state index contributed by atoms with van der Waals surface area (Å²) in [6, 6.07) is 31.1. The van der Waals surface area contributed by atoms with Crippen molar-refractivity contribution in [2.24, 2.45) is 0 Å². The van der Waals surface area contributed by atoms with E-state index in [2.05, 4.69) is 84.9 Å². The van der Waals surface area contributed by atoms with Gasteiger partial charge in [-0.1, -0.05) is 78.9 Å². The molecule has 5 aromatic rings. The molecule has 0 spiro atoms. The van der Waals surface area contributed by atoms with Crippen molar-refractivity contribution in [1.82, 2.24) is 0 Å². The van der Waals surface area contributed by atoms with Crippen molar-refractivity contribution in [3.8, 4) is 22.3 Å². The second-order valence-electron chi connectivity index (χ2n) is 6.59. The minimum absolute atomic E-state index is 1.31. The van der Waals surface area contributed by atoms with Crippen molar-refractivity contribution in [2.45, 2.75) is 0 Å². The average Bonchev–Trinajstić information content (AvgIpc) is 2.99. The second kappa shape index (κ2) is 4.24. The molecule has 0 aliphatic heterocycles. The smallest absolute Gasteiger partial charge is 0.000808 e. The molecule has 0 nitrogen and oxygen atoms in total. The summed E-state index contributed by atoms with van der Waals surface area (Å²) in [5, 5.41) is 8.07. The van der Waals surface area contributed by atoms with Gasteiger partial charge < -0.3 is 0 Å². The lowest BCUT2D eigenvalue weighted by Gasteiger charge is -2.10. The van der Waals surface area contributed by atoms with Crippen LogP contribution in [-0.2, 0) is 0 Å². The molecule has 0 bridgehead atoms. The zero-order valence-electron chi connectivity index (χ0n) is 13.1. The van der Waals surface area contributed by atoms with E-state index in [1.54, 1.807) is 0 Å². The van der Waals surface area contributed by atoms with E-state index in [1.165, 1.54) is 54.6 Å². The maximum Gasteiger partial charge on any atom is -0.000808 e. The van der Waals surface area contributed by atoms with E-state index in [0.29, 0.717) is 0 Å². The minimum atomic E-state index is 1.31. The summed E-state index contributed by atoms with van der Waals surface area (Å²) in [4.78, 5) is 0. The molecule has 1 aliphatic carbocycles. The van der Waals surface area contributed by atoms with Gasteiger partial charge in [0.15, 0.2) is 0 Å². The quantitative estimate of drug-likeness (QED) is 0.271. The van der Waals surface area contributed by atoms with Gasteiger partial charge in [-0.3, -0.25) is 0 Å². The summed E-state index contributed by atoms with van der Waals surface area (Å²) in [6.45, 7) is 0. The van der Waals surface area contributed by atoms with Crippen LogP contribution in [0.25, 0.3) is 54.6 Å². The zero-order valence-corrected chi connectivity index (χ0v) is 13.1. The van der Waals surface area contributed by atoms with Crippen molar-refractivity contribution in [3.63, 3.8) is 0 Å². The van der Waals surface area contributed by atoms with Crippen molar-refractivity contribution in [1.29, 1.82) is 0 Å². The maximum atomic E-state index is 2.33. The first-order valence-electron chi connectivity index (χ1n) is 8.39. The molecule has 0 heterocycles. The van der Waals surface area contributed by atoms with Gasteiger partial charge in [-0.25, -0.2) is 0 Å². The molecule has 24 heavy (non-hydrogen) atoms. The van der Waals surface area contributed by atoms with E-state index in [9.17, 15) is 0 Å². The number of rotatable bonds is 0. The molecule has 0 fully saturated rings. The third kappa shape index (κ3) is 1.39. The van der Waals surface area contributed by atoms with E-state index in [0.717, 1.165) is 0 Å². The normalized spacial score (nSPS) is 12.2. The highest BCUT2D eigenvalue weighted by molar-refractivity contribution is 6.27. The fourth-order valence-electron chi connectivity index (χ4n) is 4.37. The third-order valence-corrected chi connectivity index (χ3v) is 5.36. The number of benzene rings is 5. The molecule has 1 aliphatic rings. The number of hydrogen-bond donors (Lipinski definition) is 0. The maximum absolute atomic E-state index is 2.33. The monoisotopic (exact) mass is 302 g/mol. The van der Waals surface area contributed by atoms with Gasteiger partial charge in [-0.2, -0.15) is 0 Å². The van der Waals surface area contributed by atoms with Gasteiger partial charge >= 0.3 is 0 Å². The standard InChI is InChI=1S/C24H14/c1-3-9-18-15(6-1)12-13-21-20-11-5-8-17-14-16-7-2-4-10-19(16)24(22(17)20)23(18)21/h1-14H. The van der Waals surface area contributed by atoms with Crippen LogP contribution in [0.4, 0.5) is 0 Å². The van der Waals surface area contributed by atoms with Crippen LogP contribution in [0.15, 0.2) is 84.9 Å². The highest BCUT2D eigenvalue weighted by Gasteiger charge is 2.24. The fraction of sp³-hybridized carbons (Fsp3) is 0. The van der Waals surface area contributed by atoms with Crippen LogP contribution >= 0.6 is 0 Å². The Balaban J connectivity index is 1.97. The predicted octanol–water partition coefficient (Wildman–Crippen LogP) is 6.79. The highest BCUT2D eigenvalue weighted by atomic mass is 14.3. The molecular weight excluding hydrogens is 288 g/mol. The molecule has 0 N–H and O–H groups in total. The lowest BCUT2D eigenvalue weighted by Crippen LogP contribution is -1.83. The third-order valence-electron chi connectivity index (χ3n) is 5.36. The van der Waals surface area contributed by atoms with Crippen LogP contribution in [-0.4, -0.2) is 0 Å². The van der Waals surface area contributed by atoms with E-state index >= 15 is 0 Å². The molecule has 5 aromatic carbocycles. The van der Waals surface area contributed by atoms with Crippen LogP contribution < -0.4 is 0 Å². The van der Waals surface area contributed by atoms with E-state index in [1.807, 2.05) is 0 Å². The fourth-order valence-corrected chi connectivity index (χ4v) is 4.37. The van der Waals surface area contributed by atoms with Crippen molar-refractivity contribution >= 4 is 32.3 Å². The van der Waals surface area contributed by atoms with Crippen LogP contribution in [0.3, 0.4) is 0 Å². The van der Waals surface area contributed by atoms with Crippen LogP contribution in [0.2, 0.25) is 0 Å². The Kier molecular flexibility index (Phi) is 2.18. The first-order chi connectivity index (χ1) is 11.9. The minimum Gasteiger partial charge on any atom is -0.0616 e. The molecular formula is C24H14. The number of fused-ring (bicyclic) bond motifs is 7. The Morgan fingerprint density at radius 3 is 2.00 bits per heavy atom.